The quantitative estimate of drug-likeness (QED) is 0.305. The molecule has 2 heterocycles. The molecule has 0 unspecified atom stereocenters. The van der Waals surface area contributed by atoms with Crippen molar-refractivity contribution in [3.63, 3.8) is 0 Å². The Balaban J connectivity index is 1.53. The summed E-state index contributed by atoms with van der Waals surface area (Å²) in [6, 6.07) is 19.8. The summed E-state index contributed by atoms with van der Waals surface area (Å²) in [4.78, 5) is 0. The smallest absolute Gasteiger partial charge is 0.248 e. The molecule has 7 heteroatoms. The van der Waals surface area contributed by atoms with Gasteiger partial charge in [-0.3, -0.25) is 0 Å². The summed E-state index contributed by atoms with van der Waals surface area (Å²) in [5, 5.41) is 24.5. The second kappa shape index (κ2) is 7.71. The fourth-order valence-electron chi connectivity index (χ4n) is 2.56. The molecular formula is C21H16N4O3. The molecule has 0 N–H and O–H groups in total. The SMILES string of the molecule is COc1ccc(/C([O-])=N/[n+]2ccc(-c3nnc(-c4ccccc4)o3)cc2)cc1. The zero-order valence-corrected chi connectivity index (χ0v) is 15.0. The highest BCUT2D eigenvalue weighted by atomic mass is 16.5. The zero-order chi connectivity index (χ0) is 19.3. The van der Waals surface area contributed by atoms with Crippen LogP contribution < -0.4 is 14.5 Å². The molecule has 0 fully saturated rings. The van der Waals surface area contributed by atoms with Gasteiger partial charge in [0.05, 0.1) is 18.6 Å². The molecule has 0 radical (unpaired) electrons. The highest BCUT2D eigenvalue weighted by molar-refractivity contribution is 5.90. The third kappa shape index (κ3) is 3.73. The minimum Gasteiger partial charge on any atom is -0.854 e. The van der Waals surface area contributed by atoms with Gasteiger partial charge in [0.1, 0.15) is 5.75 Å². The van der Waals surface area contributed by atoms with E-state index in [0.29, 0.717) is 23.1 Å². The minimum absolute atomic E-state index is 0.357. The number of hydrogen-bond donors (Lipinski definition) is 0. The van der Waals surface area contributed by atoms with E-state index in [0.717, 1.165) is 11.1 Å². The standard InChI is InChI=1S/C21H16N4O3/c1-27-18-9-7-15(8-10-18)19(26)24-25-13-11-17(12-14-25)21-23-22-20(28-21)16-5-3-2-4-6-16/h2-14H,1H3. The Hall–Kier alpha value is -4.00. The third-order valence-corrected chi connectivity index (χ3v) is 4.05. The maximum atomic E-state index is 12.3. The lowest BCUT2D eigenvalue weighted by atomic mass is 10.2. The van der Waals surface area contributed by atoms with Crippen molar-refractivity contribution in [2.45, 2.75) is 0 Å². The van der Waals surface area contributed by atoms with Crippen LogP contribution in [0.25, 0.3) is 22.9 Å². The van der Waals surface area contributed by atoms with Crippen LogP contribution >= 0.6 is 0 Å². The largest absolute Gasteiger partial charge is 0.854 e. The first-order valence-corrected chi connectivity index (χ1v) is 8.54. The summed E-state index contributed by atoms with van der Waals surface area (Å²) in [7, 11) is 1.57. The van der Waals surface area contributed by atoms with Crippen molar-refractivity contribution in [3.8, 4) is 28.7 Å². The number of ether oxygens (including phenoxy) is 1. The first-order valence-electron chi connectivity index (χ1n) is 8.54. The molecule has 0 aliphatic heterocycles. The van der Waals surface area contributed by atoms with E-state index in [1.54, 1.807) is 55.9 Å². The number of hydrogen-bond acceptors (Lipinski definition) is 6. The van der Waals surface area contributed by atoms with Crippen molar-refractivity contribution < 1.29 is 18.9 Å². The lowest BCUT2D eigenvalue weighted by Gasteiger charge is -2.07. The first kappa shape index (κ1) is 17.4. The monoisotopic (exact) mass is 372 g/mol. The van der Waals surface area contributed by atoms with Gasteiger partial charge in [-0.05, 0) is 34.9 Å². The molecular weight excluding hydrogens is 356 g/mol. The molecule has 0 amide bonds. The van der Waals surface area contributed by atoms with Crippen LogP contribution in [0.5, 0.6) is 5.75 Å². The van der Waals surface area contributed by atoms with Crippen LogP contribution in [0.1, 0.15) is 5.56 Å². The van der Waals surface area contributed by atoms with Gasteiger partial charge in [-0.2, -0.15) is 0 Å². The number of pyridine rings is 1. The van der Waals surface area contributed by atoms with Crippen LogP contribution in [-0.2, 0) is 0 Å². The van der Waals surface area contributed by atoms with Crippen LogP contribution in [0, 0.1) is 0 Å². The Kier molecular flexibility index (Phi) is 4.79. The van der Waals surface area contributed by atoms with Crippen LogP contribution in [0.4, 0.5) is 0 Å². The van der Waals surface area contributed by atoms with E-state index in [4.69, 9.17) is 9.15 Å². The summed E-state index contributed by atoms with van der Waals surface area (Å²) in [6.07, 6.45) is 3.31. The Labute approximate surface area is 161 Å². The van der Waals surface area contributed by atoms with Gasteiger partial charge in [-0.1, -0.05) is 35.0 Å². The fourth-order valence-corrected chi connectivity index (χ4v) is 2.56. The predicted molar refractivity (Wildman–Crippen MR) is 100 cm³/mol. The summed E-state index contributed by atoms with van der Waals surface area (Å²) in [5.41, 5.74) is 2.06. The van der Waals surface area contributed by atoms with Crippen molar-refractivity contribution in [1.29, 1.82) is 0 Å². The maximum Gasteiger partial charge on any atom is 0.248 e. The molecule has 0 aliphatic carbocycles. The Morgan fingerprint density at radius 1 is 0.893 bits per heavy atom. The molecule has 28 heavy (non-hydrogen) atoms. The van der Waals surface area contributed by atoms with E-state index in [9.17, 15) is 5.11 Å². The molecule has 7 nitrogen and oxygen atoms in total. The van der Waals surface area contributed by atoms with E-state index in [-0.39, 0.29) is 5.90 Å². The van der Waals surface area contributed by atoms with Crippen molar-refractivity contribution in [1.82, 2.24) is 10.2 Å². The zero-order valence-electron chi connectivity index (χ0n) is 15.0. The first-order chi connectivity index (χ1) is 13.7. The predicted octanol–water partition coefficient (Wildman–Crippen LogP) is 2.27. The molecule has 138 valence electrons. The Bertz CT molecular complexity index is 1090. The average molecular weight is 372 g/mol. The lowest BCUT2D eigenvalue weighted by Crippen LogP contribution is -2.33. The van der Waals surface area contributed by atoms with E-state index < -0.39 is 0 Å². The van der Waals surface area contributed by atoms with Gasteiger partial charge in [-0.15, -0.1) is 10.2 Å². The second-order valence-corrected chi connectivity index (χ2v) is 5.88. The maximum absolute atomic E-state index is 12.3. The molecule has 0 saturated heterocycles. The van der Waals surface area contributed by atoms with Crippen LogP contribution in [-0.4, -0.2) is 23.2 Å². The average Bonchev–Trinajstić information content (AvgIpc) is 3.25. The van der Waals surface area contributed by atoms with Gasteiger partial charge in [0, 0.05) is 17.7 Å². The summed E-state index contributed by atoms with van der Waals surface area (Å²) in [5.74, 6) is 1.17. The summed E-state index contributed by atoms with van der Waals surface area (Å²) >= 11 is 0. The number of benzene rings is 2. The Morgan fingerprint density at radius 3 is 2.11 bits per heavy atom. The van der Waals surface area contributed by atoms with E-state index in [1.165, 1.54) is 4.68 Å². The molecule has 2 aromatic heterocycles. The third-order valence-electron chi connectivity index (χ3n) is 4.05. The molecule has 0 saturated carbocycles. The fraction of sp³-hybridized carbons (Fsp3) is 0.0476. The highest BCUT2D eigenvalue weighted by Crippen LogP contribution is 2.22. The number of aromatic nitrogens is 3. The molecule has 4 rings (SSSR count). The highest BCUT2D eigenvalue weighted by Gasteiger charge is 2.11. The van der Waals surface area contributed by atoms with Crippen LogP contribution in [0.2, 0.25) is 0 Å². The van der Waals surface area contributed by atoms with Crippen molar-refractivity contribution in [2.75, 3.05) is 7.11 Å². The topological polar surface area (TPSA) is 87.5 Å². The number of nitrogens with zero attached hydrogens (tertiary/aromatic N) is 4. The van der Waals surface area contributed by atoms with Gasteiger partial charge in [0.15, 0.2) is 0 Å². The minimum atomic E-state index is -0.357. The van der Waals surface area contributed by atoms with E-state index in [1.807, 2.05) is 30.3 Å². The van der Waals surface area contributed by atoms with Crippen LogP contribution in [0.3, 0.4) is 0 Å². The van der Waals surface area contributed by atoms with Crippen molar-refractivity contribution in [3.05, 3.63) is 84.7 Å². The van der Waals surface area contributed by atoms with Crippen LogP contribution in [0.15, 0.2) is 88.6 Å². The molecule has 0 atom stereocenters. The van der Waals surface area contributed by atoms with Gasteiger partial charge in [-0.25, -0.2) is 0 Å². The summed E-state index contributed by atoms with van der Waals surface area (Å²) in [6.45, 7) is 0. The van der Waals surface area contributed by atoms with Gasteiger partial charge >= 0.3 is 0 Å². The van der Waals surface area contributed by atoms with E-state index >= 15 is 0 Å². The van der Waals surface area contributed by atoms with E-state index in [2.05, 4.69) is 15.3 Å². The second-order valence-electron chi connectivity index (χ2n) is 5.88. The number of rotatable bonds is 5. The van der Waals surface area contributed by atoms with Crippen molar-refractivity contribution >= 4 is 5.90 Å². The Morgan fingerprint density at radius 2 is 1.50 bits per heavy atom. The molecule has 0 aliphatic rings. The molecule has 0 spiro atoms. The molecule has 2 aromatic carbocycles. The molecule has 0 bridgehead atoms. The summed E-state index contributed by atoms with van der Waals surface area (Å²) < 4.78 is 12.2. The number of methoxy groups -OCH3 is 1. The van der Waals surface area contributed by atoms with Gasteiger partial charge < -0.3 is 14.3 Å². The van der Waals surface area contributed by atoms with Gasteiger partial charge in [0.25, 0.3) is 0 Å². The normalized spacial score (nSPS) is 11.4. The van der Waals surface area contributed by atoms with Gasteiger partial charge in [0.2, 0.25) is 24.2 Å². The lowest BCUT2D eigenvalue weighted by molar-refractivity contribution is -0.681. The molecule has 4 aromatic rings. The van der Waals surface area contributed by atoms with Crippen molar-refractivity contribution in [2.24, 2.45) is 5.10 Å².